The number of aryl methyl sites for hydroxylation is 1. The molecule has 2 aliphatic rings. The maximum absolute atomic E-state index is 4.98. The minimum Gasteiger partial charge on any atom is -0.274 e. The SMILES string of the molecule is Cc1ccc(C2=N[C@H]3CCCC[C@H]3CS2)cc1. The van der Waals surface area contributed by atoms with E-state index in [9.17, 15) is 0 Å². The number of hydrogen-bond acceptors (Lipinski definition) is 2. The highest BCUT2D eigenvalue weighted by Crippen LogP contribution is 2.35. The largest absolute Gasteiger partial charge is 0.274 e. The van der Waals surface area contributed by atoms with Crippen LogP contribution < -0.4 is 0 Å². The van der Waals surface area contributed by atoms with E-state index >= 15 is 0 Å². The molecule has 1 nitrogen and oxygen atoms in total. The summed E-state index contributed by atoms with van der Waals surface area (Å²) in [6.45, 7) is 2.14. The lowest BCUT2D eigenvalue weighted by atomic mass is 9.86. The molecule has 0 saturated heterocycles. The molecule has 1 aliphatic heterocycles. The van der Waals surface area contributed by atoms with Crippen LogP contribution in [-0.4, -0.2) is 16.8 Å². The van der Waals surface area contributed by atoms with Crippen LogP contribution in [0.3, 0.4) is 0 Å². The van der Waals surface area contributed by atoms with Crippen molar-refractivity contribution in [2.45, 2.75) is 38.6 Å². The molecule has 0 amide bonds. The van der Waals surface area contributed by atoms with Crippen molar-refractivity contribution >= 4 is 16.8 Å². The van der Waals surface area contributed by atoms with Gasteiger partial charge in [0.1, 0.15) is 0 Å². The summed E-state index contributed by atoms with van der Waals surface area (Å²) in [5.74, 6) is 2.13. The van der Waals surface area contributed by atoms with Gasteiger partial charge in [0.15, 0.2) is 0 Å². The van der Waals surface area contributed by atoms with Gasteiger partial charge in [-0.1, -0.05) is 42.7 Å². The van der Waals surface area contributed by atoms with Crippen LogP contribution in [0.1, 0.15) is 36.8 Å². The molecule has 1 fully saturated rings. The Kier molecular flexibility index (Phi) is 3.24. The molecule has 0 spiro atoms. The van der Waals surface area contributed by atoms with Crippen molar-refractivity contribution in [2.24, 2.45) is 10.9 Å². The van der Waals surface area contributed by atoms with E-state index in [1.54, 1.807) is 0 Å². The third-order valence-electron chi connectivity index (χ3n) is 3.88. The van der Waals surface area contributed by atoms with Crippen molar-refractivity contribution in [3.05, 3.63) is 35.4 Å². The van der Waals surface area contributed by atoms with Crippen LogP contribution in [-0.2, 0) is 0 Å². The van der Waals surface area contributed by atoms with Crippen LogP contribution in [0.4, 0.5) is 0 Å². The molecule has 1 saturated carbocycles. The van der Waals surface area contributed by atoms with Gasteiger partial charge in [0, 0.05) is 11.3 Å². The molecule has 1 aromatic rings. The van der Waals surface area contributed by atoms with E-state index in [-0.39, 0.29) is 0 Å². The molecule has 2 heteroatoms. The number of hydrogen-bond donors (Lipinski definition) is 0. The molecule has 0 unspecified atom stereocenters. The Morgan fingerprint density at radius 2 is 1.88 bits per heavy atom. The second-order valence-electron chi connectivity index (χ2n) is 5.22. The summed E-state index contributed by atoms with van der Waals surface area (Å²) in [6.07, 6.45) is 5.48. The first-order chi connectivity index (χ1) is 8.33. The van der Waals surface area contributed by atoms with Gasteiger partial charge in [0.05, 0.1) is 11.1 Å². The van der Waals surface area contributed by atoms with E-state index < -0.39 is 0 Å². The molecule has 0 N–H and O–H groups in total. The van der Waals surface area contributed by atoms with Gasteiger partial charge in [-0.2, -0.15) is 0 Å². The van der Waals surface area contributed by atoms with E-state index in [0.717, 1.165) is 5.92 Å². The minimum atomic E-state index is 0.612. The van der Waals surface area contributed by atoms with Gasteiger partial charge in [-0.05, 0) is 25.7 Å². The van der Waals surface area contributed by atoms with Crippen LogP contribution in [0.5, 0.6) is 0 Å². The molecule has 1 heterocycles. The summed E-state index contributed by atoms with van der Waals surface area (Å²) < 4.78 is 0. The average molecular weight is 245 g/mol. The lowest BCUT2D eigenvalue weighted by molar-refractivity contribution is 0.336. The molecule has 0 radical (unpaired) electrons. The second kappa shape index (κ2) is 4.85. The predicted molar refractivity (Wildman–Crippen MR) is 75.9 cm³/mol. The fourth-order valence-corrected chi connectivity index (χ4v) is 4.05. The number of aliphatic imine (C=N–C) groups is 1. The zero-order chi connectivity index (χ0) is 11.7. The summed E-state index contributed by atoms with van der Waals surface area (Å²) in [6, 6.07) is 9.41. The molecule has 90 valence electrons. The van der Waals surface area contributed by atoms with Crippen molar-refractivity contribution in [3.8, 4) is 0 Å². The highest BCUT2D eigenvalue weighted by molar-refractivity contribution is 8.14. The van der Waals surface area contributed by atoms with E-state index in [1.807, 2.05) is 11.8 Å². The second-order valence-corrected chi connectivity index (χ2v) is 6.23. The van der Waals surface area contributed by atoms with Crippen LogP contribution in [0.15, 0.2) is 29.3 Å². The smallest absolute Gasteiger partial charge is 0.0980 e. The van der Waals surface area contributed by atoms with Crippen molar-refractivity contribution in [1.82, 2.24) is 0 Å². The third kappa shape index (κ3) is 2.42. The zero-order valence-corrected chi connectivity index (χ0v) is 11.2. The third-order valence-corrected chi connectivity index (χ3v) is 5.09. The fourth-order valence-electron chi connectivity index (χ4n) is 2.78. The molecule has 1 aromatic carbocycles. The number of benzene rings is 1. The first-order valence-electron chi connectivity index (χ1n) is 6.60. The molecule has 0 aromatic heterocycles. The van der Waals surface area contributed by atoms with Gasteiger partial charge in [-0.3, -0.25) is 4.99 Å². The molecule has 3 rings (SSSR count). The molecular formula is C15H19NS. The summed E-state index contributed by atoms with van der Waals surface area (Å²) in [5, 5.41) is 1.27. The van der Waals surface area contributed by atoms with Gasteiger partial charge in [-0.25, -0.2) is 0 Å². The monoisotopic (exact) mass is 245 g/mol. The maximum Gasteiger partial charge on any atom is 0.0980 e. The Balaban J connectivity index is 1.84. The average Bonchev–Trinajstić information content (AvgIpc) is 2.39. The molecule has 1 aliphatic carbocycles. The first-order valence-corrected chi connectivity index (χ1v) is 7.59. The first kappa shape index (κ1) is 11.3. The van der Waals surface area contributed by atoms with Gasteiger partial charge in [-0.15, -0.1) is 11.8 Å². The van der Waals surface area contributed by atoms with Crippen molar-refractivity contribution in [2.75, 3.05) is 5.75 Å². The van der Waals surface area contributed by atoms with E-state index in [4.69, 9.17) is 4.99 Å². The van der Waals surface area contributed by atoms with Crippen LogP contribution in [0.2, 0.25) is 0 Å². The van der Waals surface area contributed by atoms with Gasteiger partial charge >= 0.3 is 0 Å². The number of thioether (sulfide) groups is 1. The van der Waals surface area contributed by atoms with Crippen LogP contribution in [0, 0.1) is 12.8 Å². The maximum atomic E-state index is 4.98. The van der Waals surface area contributed by atoms with E-state index in [1.165, 1.54) is 47.6 Å². The van der Waals surface area contributed by atoms with Gasteiger partial charge in [0.2, 0.25) is 0 Å². The van der Waals surface area contributed by atoms with Gasteiger partial charge < -0.3 is 0 Å². The van der Waals surface area contributed by atoms with Crippen molar-refractivity contribution < 1.29 is 0 Å². The van der Waals surface area contributed by atoms with Crippen molar-refractivity contribution in [1.29, 1.82) is 0 Å². The number of fused-ring (bicyclic) bond motifs is 1. The lowest BCUT2D eigenvalue weighted by Crippen LogP contribution is -2.30. The quantitative estimate of drug-likeness (QED) is 0.727. The van der Waals surface area contributed by atoms with Crippen LogP contribution in [0.25, 0.3) is 0 Å². The number of rotatable bonds is 1. The Morgan fingerprint density at radius 1 is 1.12 bits per heavy atom. The topological polar surface area (TPSA) is 12.4 Å². The predicted octanol–water partition coefficient (Wildman–Crippen LogP) is 4.05. The zero-order valence-electron chi connectivity index (χ0n) is 10.4. The highest BCUT2D eigenvalue weighted by Gasteiger charge is 2.29. The Morgan fingerprint density at radius 3 is 2.71 bits per heavy atom. The Bertz CT molecular complexity index is 421. The minimum absolute atomic E-state index is 0.612. The van der Waals surface area contributed by atoms with E-state index in [0.29, 0.717) is 6.04 Å². The summed E-state index contributed by atoms with van der Waals surface area (Å²) in [7, 11) is 0. The number of nitrogens with zero attached hydrogens (tertiary/aromatic N) is 1. The van der Waals surface area contributed by atoms with Gasteiger partial charge in [0.25, 0.3) is 0 Å². The van der Waals surface area contributed by atoms with Crippen LogP contribution >= 0.6 is 11.8 Å². The molecular weight excluding hydrogens is 226 g/mol. The molecule has 0 bridgehead atoms. The lowest BCUT2D eigenvalue weighted by Gasteiger charge is -2.32. The summed E-state index contributed by atoms with van der Waals surface area (Å²) in [4.78, 5) is 4.98. The molecule has 2 atom stereocenters. The highest BCUT2D eigenvalue weighted by atomic mass is 32.2. The summed E-state index contributed by atoms with van der Waals surface area (Å²) >= 11 is 1.96. The fraction of sp³-hybridized carbons (Fsp3) is 0.533. The summed E-state index contributed by atoms with van der Waals surface area (Å²) in [5.41, 5.74) is 2.63. The molecule has 17 heavy (non-hydrogen) atoms. The van der Waals surface area contributed by atoms with Crippen molar-refractivity contribution in [3.63, 3.8) is 0 Å². The Labute approximate surface area is 108 Å². The normalized spacial score (nSPS) is 28.4. The van der Waals surface area contributed by atoms with E-state index in [2.05, 4.69) is 31.2 Å². The standard InChI is InChI=1S/C15H19NS/c1-11-6-8-12(9-7-11)15-16-14-5-3-2-4-13(14)10-17-15/h6-9,13-14H,2-5,10H2,1H3/t13-,14-/m0/s1. The Hall–Kier alpha value is -0.760.